The molecule has 4 N–H and O–H groups in total. The van der Waals surface area contributed by atoms with Crippen LogP contribution in [0.25, 0.3) is 16.9 Å². The predicted molar refractivity (Wildman–Crippen MR) is 109 cm³/mol. The summed E-state index contributed by atoms with van der Waals surface area (Å²) in [4.78, 5) is 24.5. The maximum absolute atomic E-state index is 11.1. The number of nitrogens with zero attached hydrogens (tertiary/aromatic N) is 4. The molecule has 0 aliphatic carbocycles. The van der Waals surface area contributed by atoms with Crippen molar-refractivity contribution < 1.29 is 9.90 Å². The molecule has 0 spiro atoms. The van der Waals surface area contributed by atoms with Crippen molar-refractivity contribution in [2.45, 2.75) is 45.7 Å². The normalized spacial score (nSPS) is 14.0. The average Bonchev–Trinajstić information content (AvgIpc) is 3.03. The van der Waals surface area contributed by atoms with Crippen LogP contribution in [0.1, 0.15) is 33.3 Å². The number of carboxylic acids is 1. The summed E-state index contributed by atoms with van der Waals surface area (Å²) in [7, 11) is 0. The van der Waals surface area contributed by atoms with Crippen molar-refractivity contribution >= 4 is 22.8 Å². The summed E-state index contributed by atoms with van der Waals surface area (Å²) in [5, 5.41) is 12.4. The molecule has 8 heteroatoms. The molecular weight excluding hydrogens is 356 g/mol. The highest BCUT2D eigenvalue weighted by Gasteiger charge is 2.20. The minimum atomic E-state index is -0.989. The van der Waals surface area contributed by atoms with Crippen molar-refractivity contribution in [2.24, 2.45) is 11.7 Å². The van der Waals surface area contributed by atoms with Crippen LogP contribution in [0, 0.1) is 5.92 Å². The number of hydrogen-bond donors (Lipinski definition) is 3. The molecule has 0 amide bonds. The highest BCUT2D eigenvalue weighted by atomic mass is 16.4. The van der Waals surface area contributed by atoms with Crippen LogP contribution < -0.4 is 11.1 Å². The first-order chi connectivity index (χ1) is 13.1. The average molecular weight is 382 g/mol. The molecule has 8 nitrogen and oxygen atoms in total. The number of anilines is 1. The van der Waals surface area contributed by atoms with Crippen molar-refractivity contribution in [3.63, 3.8) is 0 Å². The Morgan fingerprint density at radius 2 is 2.07 bits per heavy atom. The second-order valence-electron chi connectivity index (χ2n) is 8.12. The fourth-order valence-electron chi connectivity index (χ4n) is 3.02. The van der Waals surface area contributed by atoms with Crippen LogP contribution in [0.2, 0.25) is 0 Å². The van der Waals surface area contributed by atoms with Crippen LogP contribution in [0.15, 0.2) is 36.9 Å². The minimum Gasteiger partial charge on any atom is -0.480 e. The van der Waals surface area contributed by atoms with E-state index >= 15 is 0 Å². The second kappa shape index (κ2) is 7.55. The summed E-state index contributed by atoms with van der Waals surface area (Å²) in [6, 6.07) is 4.98. The molecule has 3 rings (SSSR count). The van der Waals surface area contributed by atoms with Gasteiger partial charge in [-0.25, -0.2) is 9.97 Å². The van der Waals surface area contributed by atoms with Crippen LogP contribution in [0.3, 0.4) is 0 Å². The van der Waals surface area contributed by atoms with E-state index in [4.69, 9.17) is 10.8 Å². The fourth-order valence-corrected chi connectivity index (χ4v) is 3.02. The number of carboxylic acid groups (broad SMARTS) is 1. The number of aliphatic carboxylic acids is 1. The molecule has 0 aliphatic rings. The molecule has 0 radical (unpaired) electrons. The van der Waals surface area contributed by atoms with E-state index in [9.17, 15) is 4.79 Å². The molecule has 3 aromatic rings. The highest BCUT2D eigenvalue weighted by molar-refractivity contribution is 5.78. The molecule has 2 aromatic heterocycles. The Kier molecular flexibility index (Phi) is 5.33. The predicted octanol–water partition coefficient (Wildman–Crippen LogP) is 2.62. The zero-order chi connectivity index (χ0) is 20.5. The van der Waals surface area contributed by atoms with Crippen molar-refractivity contribution in [1.29, 1.82) is 0 Å². The SMILES string of the molecule is CC(Cc1ccc2ncn(-c3cncc(NC(C)(C)C)n3)c2c1)C(N)C(=O)O. The van der Waals surface area contributed by atoms with Gasteiger partial charge in [0.05, 0.1) is 23.4 Å². The molecule has 0 saturated heterocycles. The summed E-state index contributed by atoms with van der Waals surface area (Å²) >= 11 is 0. The monoisotopic (exact) mass is 382 g/mol. The lowest BCUT2D eigenvalue weighted by atomic mass is 9.94. The molecule has 0 aliphatic heterocycles. The third-order valence-electron chi connectivity index (χ3n) is 4.44. The second-order valence-corrected chi connectivity index (χ2v) is 8.12. The Balaban J connectivity index is 1.93. The van der Waals surface area contributed by atoms with Crippen LogP contribution in [-0.4, -0.2) is 42.2 Å². The Bertz CT molecular complexity index is 992. The van der Waals surface area contributed by atoms with Gasteiger partial charge in [-0.05, 0) is 50.8 Å². The summed E-state index contributed by atoms with van der Waals surface area (Å²) in [6.45, 7) is 8.02. The molecule has 2 heterocycles. The number of aromatic nitrogens is 4. The van der Waals surface area contributed by atoms with E-state index in [0.717, 1.165) is 16.6 Å². The first-order valence-corrected chi connectivity index (χ1v) is 9.19. The molecule has 0 fully saturated rings. The summed E-state index contributed by atoms with van der Waals surface area (Å²) in [5.74, 6) is 0.163. The third-order valence-corrected chi connectivity index (χ3v) is 4.44. The molecule has 0 bridgehead atoms. The van der Waals surface area contributed by atoms with Crippen LogP contribution >= 0.6 is 0 Å². The van der Waals surface area contributed by atoms with Gasteiger partial charge in [-0.3, -0.25) is 14.3 Å². The molecule has 1 aromatic carbocycles. The van der Waals surface area contributed by atoms with Gasteiger partial charge < -0.3 is 16.2 Å². The van der Waals surface area contributed by atoms with E-state index in [0.29, 0.717) is 18.1 Å². The van der Waals surface area contributed by atoms with Crippen molar-refractivity contribution in [2.75, 3.05) is 5.32 Å². The number of carbonyl (C=O) groups is 1. The van der Waals surface area contributed by atoms with Gasteiger partial charge in [-0.2, -0.15) is 0 Å². The molecule has 148 valence electrons. The molecule has 0 saturated carbocycles. The summed E-state index contributed by atoms with van der Waals surface area (Å²) in [5.41, 5.74) is 8.33. The Morgan fingerprint density at radius 1 is 1.32 bits per heavy atom. The third kappa shape index (κ3) is 4.45. The first-order valence-electron chi connectivity index (χ1n) is 9.19. The molecular formula is C20H26N6O2. The fraction of sp³-hybridized carbons (Fsp3) is 0.400. The van der Waals surface area contributed by atoms with Crippen LogP contribution in [0.4, 0.5) is 5.82 Å². The zero-order valence-electron chi connectivity index (χ0n) is 16.5. The summed E-state index contributed by atoms with van der Waals surface area (Å²) in [6.07, 6.45) is 5.65. The zero-order valence-corrected chi connectivity index (χ0v) is 16.5. The van der Waals surface area contributed by atoms with Gasteiger partial charge in [0.15, 0.2) is 5.82 Å². The maximum atomic E-state index is 11.1. The van der Waals surface area contributed by atoms with E-state index < -0.39 is 12.0 Å². The van der Waals surface area contributed by atoms with Gasteiger partial charge in [0.25, 0.3) is 0 Å². The van der Waals surface area contributed by atoms with Gasteiger partial charge in [0.1, 0.15) is 18.2 Å². The Labute approximate surface area is 163 Å². The lowest BCUT2D eigenvalue weighted by Crippen LogP contribution is -2.37. The Hall–Kier alpha value is -3.00. The van der Waals surface area contributed by atoms with E-state index in [-0.39, 0.29) is 11.5 Å². The van der Waals surface area contributed by atoms with Crippen LogP contribution in [-0.2, 0) is 11.2 Å². The number of imidazole rings is 1. The van der Waals surface area contributed by atoms with Crippen LogP contribution in [0.5, 0.6) is 0 Å². The van der Waals surface area contributed by atoms with Gasteiger partial charge >= 0.3 is 5.97 Å². The van der Waals surface area contributed by atoms with Gasteiger partial charge in [0, 0.05) is 5.54 Å². The number of benzene rings is 1. The number of nitrogens with one attached hydrogen (secondary N) is 1. The van der Waals surface area contributed by atoms with E-state index in [1.54, 1.807) is 18.7 Å². The standard InChI is InChI=1S/C20H26N6O2/c1-12(18(21)19(27)28)7-13-5-6-14-15(8-13)26(11-23-14)17-10-22-9-16(24-17)25-20(2,3)4/h5-6,8-12,18H,7,21H2,1-4H3,(H,24,25)(H,27,28). The van der Waals surface area contributed by atoms with Crippen molar-refractivity contribution in [3.05, 3.63) is 42.5 Å². The largest absolute Gasteiger partial charge is 0.480 e. The minimum absolute atomic E-state index is 0.128. The van der Waals surface area contributed by atoms with E-state index in [2.05, 4.69) is 41.0 Å². The lowest BCUT2D eigenvalue weighted by Gasteiger charge is -2.21. The first kappa shape index (κ1) is 19.8. The highest BCUT2D eigenvalue weighted by Crippen LogP contribution is 2.22. The molecule has 28 heavy (non-hydrogen) atoms. The van der Waals surface area contributed by atoms with E-state index in [1.165, 1.54) is 0 Å². The molecule has 2 unspecified atom stereocenters. The Morgan fingerprint density at radius 3 is 2.75 bits per heavy atom. The number of fused-ring (bicyclic) bond motifs is 1. The smallest absolute Gasteiger partial charge is 0.320 e. The van der Waals surface area contributed by atoms with Crippen molar-refractivity contribution in [3.8, 4) is 5.82 Å². The quantitative estimate of drug-likeness (QED) is 0.599. The molecule has 2 atom stereocenters. The number of hydrogen-bond acceptors (Lipinski definition) is 6. The number of nitrogens with two attached hydrogens (primary N) is 1. The van der Waals surface area contributed by atoms with Gasteiger partial charge in [0.2, 0.25) is 0 Å². The summed E-state index contributed by atoms with van der Waals surface area (Å²) < 4.78 is 1.88. The lowest BCUT2D eigenvalue weighted by molar-refractivity contribution is -0.139. The van der Waals surface area contributed by atoms with Gasteiger partial charge in [-0.1, -0.05) is 13.0 Å². The topological polar surface area (TPSA) is 119 Å². The van der Waals surface area contributed by atoms with Crippen molar-refractivity contribution in [1.82, 2.24) is 19.5 Å². The number of rotatable bonds is 6. The van der Waals surface area contributed by atoms with E-state index in [1.807, 2.05) is 29.7 Å². The maximum Gasteiger partial charge on any atom is 0.320 e. The van der Waals surface area contributed by atoms with Gasteiger partial charge in [-0.15, -0.1) is 0 Å².